The molecule has 0 spiro atoms. The summed E-state index contributed by atoms with van der Waals surface area (Å²) in [5.41, 5.74) is 5.94. The lowest BCUT2D eigenvalue weighted by molar-refractivity contribution is 0.145. The first-order chi connectivity index (χ1) is 7.59. The number of nitrogens with two attached hydrogens (primary N) is 1. The van der Waals surface area contributed by atoms with Gasteiger partial charge in [-0.2, -0.15) is 0 Å². The molecule has 0 saturated carbocycles. The maximum atomic E-state index is 9.80. The predicted molar refractivity (Wildman–Crippen MR) is 57.7 cm³/mol. The molecule has 0 fully saturated rings. The van der Waals surface area contributed by atoms with Crippen molar-refractivity contribution in [1.82, 2.24) is 0 Å². The van der Waals surface area contributed by atoms with E-state index in [9.17, 15) is 10.2 Å². The lowest BCUT2D eigenvalue weighted by Gasteiger charge is -2.22. The highest BCUT2D eigenvalue weighted by Crippen LogP contribution is 2.38. The second kappa shape index (κ2) is 4.19. The Kier molecular flexibility index (Phi) is 2.89. The highest BCUT2D eigenvalue weighted by Gasteiger charge is 2.21. The van der Waals surface area contributed by atoms with Crippen molar-refractivity contribution < 1.29 is 19.7 Å². The molecule has 2 rings (SSSR count). The number of phenolic OH excluding ortho intramolecular Hbond substituents is 1. The second-order valence-electron chi connectivity index (χ2n) is 3.86. The molecule has 0 aromatic heterocycles. The summed E-state index contributed by atoms with van der Waals surface area (Å²) in [6.45, 7) is 2.59. The molecule has 5 heteroatoms. The number of rotatable bonds is 2. The van der Waals surface area contributed by atoms with Crippen LogP contribution in [-0.2, 0) is 0 Å². The van der Waals surface area contributed by atoms with Crippen LogP contribution in [-0.4, -0.2) is 29.5 Å². The topological polar surface area (TPSA) is 84.9 Å². The number of fused-ring (bicyclic) bond motifs is 1. The van der Waals surface area contributed by atoms with Crippen molar-refractivity contribution in [3.8, 4) is 17.2 Å². The van der Waals surface area contributed by atoms with Crippen molar-refractivity contribution in [2.45, 2.75) is 19.1 Å². The first-order valence-corrected chi connectivity index (χ1v) is 5.15. The number of aliphatic hydroxyl groups is 1. The lowest BCUT2D eigenvalue weighted by atomic mass is 10.0. The zero-order chi connectivity index (χ0) is 11.7. The fourth-order valence-corrected chi connectivity index (χ4v) is 1.61. The van der Waals surface area contributed by atoms with E-state index in [1.807, 2.05) is 0 Å². The first-order valence-electron chi connectivity index (χ1n) is 5.15. The standard InChI is InChI=1S/C11H15NO4/c1-6(12)11(14)7-4-9-10(5-8(7)13)16-3-2-15-9/h4-6,11,13-14H,2-3,12H2,1H3. The highest BCUT2D eigenvalue weighted by atomic mass is 16.6. The summed E-state index contributed by atoms with van der Waals surface area (Å²) in [4.78, 5) is 0. The molecule has 2 atom stereocenters. The molecular weight excluding hydrogens is 210 g/mol. The summed E-state index contributed by atoms with van der Waals surface area (Å²) in [7, 11) is 0. The third-order valence-corrected chi connectivity index (χ3v) is 2.51. The minimum Gasteiger partial charge on any atom is -0.507 e. The summed E-state index contributed by atoms with van der Waals surface area (Å²) >= 11 is 0. The molecule has 1 aliphatic rings. The third-order valence-electron chi connectivity index (χ3n) is 2.51. The molecule has 2 unspecified atom stereocenters. The van der Waals surface area contributed by atoms with Crippen molar-refractivity contribution in [2.24, 2.45) is 5.73 Å². The Balaban J connectivity index is 2.39. The van der Waals surface area contributed by atoms with Gasteiger partial charge >= 0.3 is 0 Å². The molecule has 1 aromatic carbocycles. The maximum absolute atomic E-state index is 9.80. The van der Waals surface area contributed by atoms with E-state index in [-0.39, 0.29) is 5.75 Å². The van der Waals surface area contributed by atoms with Gasteiger partial charge in [-0.1, -0.05) is 0 Å². The van der Waals surface area contributed by atoms with Gasteiger partial charge in [-0.3, -0.25) is 0 Å². The molecule has 1 aromatic rings. The van der Waals surface area contributed by atoms with Crippen LogP contribution in [0.3, 0.4) is 0 Å². The van der Waals surface area contributed by atoms with Crippen LogP contribution in [0, 0.1) is 0 Å². The Morgan fingerprint density at radius 2 is 1.81 bits per heavy atom. The smallest absolute Gasteiger partial charge is 0.165 e. The number of benzene rings is 1. The Hall–Kier alpha value is -1.46. The Morgan fingerprint density at radius 1 is 1.25 bits per heavy atom. The van der Waals surface area contributed by atoms with Crippen molar-refractivity contribution in [3.05, 3.63) is 17.7 Å². The Bertz CT molecular complexity index is 392. The molecule has 0 amide bonds. The molecular formula is C11H15NO4. The molecule has 1 heterocycles. The quantitative estimate of drug-likeness (QED) is 0.684. The summed E-state index contributed by atoms with van der Waals surface area (Å²) in [5.74, 6) is 0.983. The fraction of sp³-hybridized carbons (Fsp3) is 0.455. The van der Waals surface area contributed by atoms with Crippen molar-refractivity contribution in [2.75, 3.05) is 13.2 Å². The van der Waals surface area contributed by atoms with Gasteiger partial charge in [0.2, 0.25) is 0 Å². The minimum absolute atomic E-state index is 0.0333. The normalized spacial score (nSPS) is 17.9. The van der Waals surface area contributed by atoms with Gasteiger partial charge in [0.15, 0.2) is 11.5 Å². The van der Waals surface area contributed by atoms with Crippen LogP contribution in [0.15, 0.2) is 12.1 Å². The van der Waals surface area contributed by atoms with Crippen LogP contribution >= 0.6 is 0 Å². The van der Waals surface area contributed by atoms with Crippen molar-refractivity contribution in [1.29, 1.82) is 0 Å². The van der Waals surface area contributed by atoms with E-state index in [4.69, 9.17) is 15.2 Å². The molecule has 88 valence electrons. The zero-order valence-corrected chi connectivity index (χ0v) is 9.01. The van der Waals surface area contributed by atoms with E-state index >= 15 is 0 Å². The second-order valence-corrected chi connectivity index (χ2v) is 3.86. The zero-order valence-electron chi connectivity index (χ0n) is 9.01. The van der Waals surface area contributed by atoms with E-state index in [2.05, 4.69) is 0 Å². The van der Waals surface area contributed by atoms with Gasteiger partial charge in [0.05, 0.1) is 6.10 Å². The maximum Gasteiger partial charge on any atom is 0.165 e. The monoisotopic (exact) mass is 225 g/mol. The number of phenols is 1. The molecule has 0 aliphatic carbocycles. The Labute approximate surface area is 93.4 Å². The van der Waals surface area contributed by atoms with Crippen LogP contribution in [0.2, 0.25) is 0 Å². The van der Waals surface area contributed by atoms with Gasteiger partial charge < -0.3 is 25.4 Å². The summed E-state index contributed by atoms with van der Waals surface area (Å²) in [5, 5.41) is 19.5. The van der Waals surface area contributed by atoms with Gasteiger partial charge in [-0.05, 0) is 13.0 Å². The van der Waals surface area contributed by atoms with Gasteiger partial charge in [-0.15, -0.1) is 0 Å². The number of hydrogen-bond donors (Lipinski definition) is 3. The third kappa shape index (κ3) is 1.91. The number of hydrogen-bond acceptors (Lipinski definition) is 5. The van der Waals surface area contributed by atoms with E-state index in [1.165, 1.54) is 6.07 Å². The minimum atomic E-state index is -0.921. The van der Waals surface area contributed by atoms with Gasteiger partial charge in [0.25, 0.3) is 0 Å². The van der Waals surface area contributed by atoms with E-state index in [1.54, 1.807) is 13.0 Å². The SMILES string of the molecule is CC(N)C(O)c1cc2c(cc1O)OCCO2. The van der Waals surface area contributed by atoms with Gasteiger partial charge in [0, 0.05) is 17.7 Å². The Morgan fingerprint density at radius 3 is 2.38 bits per heavy atom. The average Bonchev–Trinajstić information content (AvgIpc) is 2.27. The largest absolute Gasteiger partial charge is 0.507 e. The predicted octanol–water partition coefficient (Wildman–Crippen LogP) is 0.544. The van der Waals surface area contributed by atoms with Crippen LogP contribution in [0.5, 0.6) is 17.2 Å². The van der Waals surface area contributed by atoms with E-state index < -0.39 is 12.1 Å². The first kappa shape index (κ1) is 11.0. The highest BCUT2D eigenvalue weighted by molar-refractivity contribution is 5.51. The van der Waals surface area contributed by atoms with Crippen LogP contribution in [0.25, 0.3) is 0 Å². The average molecular weight is 225 g/mol. The molecule has 1 aliphatic heterocycles. The molecule has 4 N–H and O–H groups in total. The van der Waals surface area contributed by atoms with Gasteiger partial charge in [-0.25, -0.2) is 0 Å². The molecule has 16 heavy (non-hydrogen) atoms. The molecule has 5 nitrogen and oxygen atoms in total. The number of ether oxygens (including phenoxy) is 2. The van der Waals surface area contributed by atoms with E-state index in [0.29, 0.717) is 30.3 Å². The molecule has 0 bridgehead atoms. The van der Waals surface area contributed by atoms with Crippen LogP contribution < -0.4 is 15.2 Å². The number of aromatic hydroxyl groups is 1. The fourth-order valence-electron chi connectivity index (χ4n) is 1.61. The van der Waals surface area contributed by atoms with Crippen LogP contribution in [0.4, 0.5) is 0 Å². The van der Waals surface area contributed by atoms with Crippen molar-refractivity contribution in [3.63, 3.8) is 0 Å². The number of aliphatic hydroxyl groups excluding tert-OH is 1. The van der Waals surface area contributed by atoms with Crippen molar-refractivity contribution >= 4 is 0 Å². The van der Waals surface area contributed by atoms with Crippen LogP contribution in [0.1, 0.15) is 18.6 Å². The summed E-state index contributed by atoms with van der Waals surface area (Å²) in [6.07, 6.45) is -0.921. The van der Waals surface area contributed by atoms with E-state index in [0.717, 1.165) is 0 Å². The summed E-state index contributed by atoms with van der Waals surface area (Å²) in [6, 6.07) is 2.54. The molecule has 0 saturated heterocycles. The molecule has 0 radical (unpaired) electrons. The summed E-state index contributed by atoms with van der Waals surface area (Å²) < 4.78 is 10.7. The lowest BCUT2D eigenvalue weighted by Crippen LogP contribution is -2.25. The van der Waals surface area contributed by atoms with Gasteiger partial charge in [0.1, 0.15) is 19.0 Å².